The van der Waals surface area contributed by atoms with E-state index in [4.69, 9.17) is 4.74 Å². The molecule has 0 saturated heterocycles. The van der Waals surface area contributed by atoms with E-state index in [-0.39, 0.29) is 11.1 Å². The Morgan fingerprint density at radius 2 is 1.64 bits per heavy atom. The first-order valence-electron chi connectivity index (χ1n) is 12.3. The van der Waals surface area contributed by atoms with Gasteiger partial charge in [-0.1, -0.05) is 88.6 Å². The molecule has 0 amide bonds. The fourth-order valence-electron chi connectivity index (χ4n) is 3.31. The van der Waals surface area contributed by atoms with Crippen LogP contribution in [0.2, 0.25) is 26.2 Å². The number of nitrogens with one attached hydrogen (secondary N) is 2. The van der Waals surface area contributed by atoms with E-state index >= 15 is 0 Å². The molecule has 0 aliphatic carbocycles. The highest BCUT2D eigenvalue weighted by Gasteiger charge is 2.48. The van der Waals surface area contributed by atoms with Gasteiger partial charge in [-0.3, -0.25) is 4.79 Å². The van der Waals surface area contributed by atoms with Gasteiger partial charge in [0.05, 0.1) is 8.07 Å². The van der Waals surface area contributed by atoms with E-state index in [1.54, 1.807) is 0 Å². The van der Waals surface area contributed by atoms with Crippen molar-refractivity contribution in [3.05, 3.63) is 59.9 Å². The van der Waals surface area contributed by atoms with E-state index in [0.29, 0.717) is 19.1 Å². The molecular formula is C27H48N2O2Si2. The monoisotopic (exact) mass is 488 g/mol. The highest BCUT2D eigenvalue weighted by Crippen LogP contribution is 2.26. The van der Waals surface area contributed by atoms with Crippen molar-refractivity contribution in [2.45, 2.75) is 84.2 Å². The first kappa shape index (κ1) is 29.6. The summed E-state index contributed by atoms with van der Waals surface area (Å²) in [6, 6.07) is 9.88. The number of esters is 1. The first-order valence-corrected chi connectivity index (χ1v) is 18.4. The zero-order valence-corrected chi connectivity index (χ0v) is 24.5. The van der Waals surface area contributed by atoms with Crippen molar-refractivity contribution in [3.8, 4) is 0 Å². The molecule has 0 saturated carbocycles. The summed E-state index contributed by atoms with van der Waals surface area (Å²) >= 11 is 0. The number of hydrogen-bond acceptors (Lipinski definition) is 4. The van der Waals surface area contributed by atoms with Crippen molar-refractivity contribution in [1.29, 1.82) is 0 Å². The third kappa shape index (κ3) is 8.06. The molecule has 33 heavy (non-hydrogen) atoms. The lowest BCUT2D eigenvalue weighted by Gasteiger charge is -2.41. The van der Waals surface area contributed by atoms with Gasteiger partial charge in [0.2, 0.25) is 0 Å². The maximum absolute atomic E-state index is 13.5. The fraction of sp³-hybridized carbons (Fsp3) is 0.593. The van der Waals surface area contributed by atoms with Crippen LogP contribution in [0.4, 0.5) is 0 Å². The van der Waals surface area contributed by atoms with E-state index in [0.717, 1.165) is 18.5 Å². The van der Waals surface area contributed by atoms with Crippen molar-refractivity contribution >= 4 is 22.1 Å². The van der Waals surface area contributed by atoms with Gasteiger partial charge < -0.3 is 15.4 Å². The fourth-order valence-corrected chi connectivity index (χ4v) is 6.72. The molecule has 0 heterocycles. The van der Waals surface area contributed by atoms with Gasteiger partial charge in [-0.25, -0.2) is 0 Å². The molecule has 0 aliphatic heterocycles. The lowest BCUT2D eigenvalue weighted by Crippen LogP contribution is -2.67. The quantitative estimate of drug-likeness (QED) is 0.197. The average molecular weight is 489 g/mol. The molecule has 0 aromatic heterocycles. The summed E-state index contributed by atoms with van der Waals surface area (Å²) in [5.74, 6) is 0.326. The van der Waals surface area contributed by atoms with Gasteiger partial charge in [0.1, 0.15) is 19.8 Å². The normalized spacial score (nSPS) is 15.8. The van der Waals surface area contributed by atoms with Crippen LogP contribution >= 0.6 is 0 Å². The molecule has 0 spiro atoms. The Kier molecular flexibility index (Phi) is 11.0. The maximum Gasteiger partial charge on any atom is 0.323 e. The molecular weight excluding hydrogens is 440 g/mol. The summed E-state index contributed by atoms with van der Waals surface area (Å²) in [6.07, 6.45) is 3.36. The standard InChI is InChI=1S/C27H48N2O2Si2/c1-11-23(3)18-21-33(9,10)27(6,25(30)31-22-24-16-14-13-15-17-24)29-20-19-28-26(4,5)32(7,8)12-2/h12-18,21,23,28-29H,2,11,19-20,22H2,1,3-10H3/b21-18+. The van der Waals surface area contributed by atoms with Gasteiger partial charge in [0.15, 0.2) is 0 Å². The molecule has 0 fully saturated rings. The van der Waals surface area contributed by atoms with Crippen LogP contribution in [0.5, 0.6) is 0 Å². The molecule has 2 N–H and O–H groups in total. The second-order valence-electron chi connectivity index (χ2n) is 11.1. The Labute approximate surface area is 205 Å². The summed E-state index contributed by atoms with van der Waals surface area (Å²) in [5.41, 5.74) is 5.44. The molecule has 186 valence electrons. The molecule has 2 atom stereocenters. The second kappa shape index (κ2) is 12.3. The van der Waals surface area contributed by atoms with Crippen LogP contribution in [0.1, 0.15) is 46.6 Å². The first-order chi connectivity index (χ1) is 15.2. The zero-order chi connectivity index (χ0) is 25.3. The predicted molar refractivity (Wildman–Crippen MR) is 148 cm³/mol. The van der Waals surface area contributed by atoms with Crippen molar-refractivity contribution in [3.63, 3.8) is 0 Å². The van der Waals surface area contributed by atoms with Gasteiger partial charge >= 0.3 is 5.97 Å². The van der Waals surface area contributed by atoms with Crippen LogP contribution in [0.3, 0.4) is 0 Å². The molecule has 2 unspecified atom stereocenters. The van der Waals surface area contributed by atoms with Gasteiger partial charge in [-0.15, -0.1) is 12.3 Å². The lowest BCUT2D eigenvalue weighted by atomic mass is 10.1. The topological polar surface area (TPSA) is 50.4 Å². The van der Waals surface area contributed by atoms with Crippen molar-refractivity contribution < 1.29 is 9.53 Å². The van der Waals surface area contributed by atoms with Gasteiger partial charge in [0.25, 0.3) is 0 Å². The Bertz CT molecular complexity index is 791. The minimum Gasteiger partial charge on any atom is -0.460 e. The Hall–Kier alpha value is -1.48. The molecule has 4 nitrogen and oxygen atoms in total. The molecule has 0 aliphatic rings. The predicted octanol–water partition coefficient (Wildman–Crippen LogP) is 5.81. The van der Waals surface area contributed by atoms with E-state index < -0.39 is 21.3 Å². The maximum atomic E-state index is 13.5. The molecule has 1 aromatic carbocycles. The number of carbonyl (C=O) groups excluding carboxylic acids is 1. The molecule has 0 radical (unpaired) electrons. The minimum atomic E-state index is -2.18. The van der Waals surface area contributed by atoms with E-state index in [9.17, 15) is 4.79 Å². The molecule has 1 rings (SSSR count). The third-order valence-corrected chi connectivity index (χ3v) is 16.1. The second-order valence-corrected chi connectivity index (χ2v) is 20.9. The van der Waals surface area contributed by atoms with Gasteiger partial charge in [-0.2, -0.15) is 0 Å². The van der Waals surface area contributed by atoms with Crippen molar-refractivity contribution in [2.24, 2.45) is 5.92 Å². The van der Waals surface area contributed by atoms with Crippen molar-refractivity contribution in [2.75, 3.05) is 13.1 Å². The number of allylic oxidation sites excluding steroid dienone is 1. The highest BCUT2D eigenvalue weighted by atomic mass is 28.3. The van der Waals surface area contributed by atoms with Crippen LogP contribution in [-0.2, 0) is 16.1 Å². The Morgan fingerprint density at radius 1 is 1.06 bits per heavy atom. The van der Waals surface area contributed by atoms with Crippen LogP contribution in [0.15, 0.2) is 54.4 Å². The number of carbonyl (C=O) groups is 1. The summed E-state index contributed by atoms with van der Waals surface area (Å²) in [4.78, 5) is 13.5. The minimum absolute atomic E-state index is 0.0179. The van der Waals surface area contributed by atoms with Crippen LogP contribution < -0.4 is 10.6 Å². The summed E-state index contributed by atoms with van der Waals surface area (Å²) < 4.78 is 5.85. The van der Waals surface area contributed by atoms with Crippen LogP contribution in [0.25, 0.3) is 0 Å². The zero-order valence-electron chi connectivity index (χ0n) is 22.5. The van der Waals surface area contributed by atoms with E-state index in [1.165, 1.54) is 0 Å². The molecule has 1 aromatic rings. The Balaban J connectivity index is 3.00. The largest absolute Gasteiger partial charge is 0.460 e. The number of ether oxygens (including phenoxy) is 1. The van der Waals surface area contributed by atoms with Gasteiger partial charge in [-0.05, 0) is 32.3 Å². The highest BCUT2D eigenvalue weighted by molar-refractivity contribution is 6.87. The number of hydrogen-bond donors (Lipinski definition) is 2. The number of rotatable bonds is 14. The van der Waals surface area contributed by atoms with Gasteiger partial charge in [0, 0.05) is 18.3 Å². The van der Waals surface area contributed by atoms with E-state index in [2.05, 4.69) is 88.6 Å². The van der Waals surface area contributed by atoms with Crippen LogP contribution in [-0.4, -0.2) is 45.5 Å². The number of benzene rings is 1. The molecule has 0 bridgehead atoms. The van der Waals surface area contributed by atoms with Crippen LogP contribution in [0, 0.1) is 5.92 Å². The lowest BCUT2D eigenvalue weighted by molar-refractivity contribution is -0.149. The SMILES string of the molecule is C=C[Si](C)(C)C(C)(C)NCCNC(C)(C(=O)OCc1ccccc1)[Si](C)(C)/C=C/C(C)CC. The third-order valence-electron chi connectivity index (χ3n) is 7.69. The van der Waals surface area contributed by atoms with E-state index in [1.807, 2.05) is 37.3 Å². The summed E-state index contributed by atoms with van der Waals surface area (Å²) in [7, 11) is -3.79. The molecule has 6 heteroatoms. The Morgan fingerprint density at radius 3 is 2.18 bits per heavy atom. The summed E-state index contributed by atoms with van der Waals surface area (Å²) in [6.45, 7) is 25.9. The smallest absolute Gasteiger partial charge is 0.323 e. The van der Waals surface area contributed by atoms with Crippen molar-refractivity contribution in [1.82, 2.24) is 10.6 Å². The summed E-state index contributed by atoms with van der Waals surface area (Å²) in [5, 5.41) is 6.61. The average Bonchev–Trinajstić information content (AvgIpc) is 2.78.